The Kier molecular flexibility index (Phi) is 4.94. The second-order valence-electron chi connectivity index (χ2n) is 9.64. The van der Waals surface area contributed by atoms with Crippen LogP contribution in [0, 0.1) is 11.3 Å². The van der Waals surface area contributed by atoms with E-state index in [0.29, 0.717) is 0 Å². The van der Waals surface area contributed by atoms with Crippen molar-refractivity contribution in [1.82, 2.24) is 19.6 Å². The zero-order valence-electron chi connectivity index (χ0n) is 16.2. The first kappa shape index (κ1) is 17.3. The molecule has 24 heavy (non-hydrogen) atoms. The van der Waals surface area contributed by atoms with Gasteiger partial charge in [0.25, 0.3) is 0 Å². The van der Waals surface area contributed by atoms with Crippen LogP contribution in [0.25, 0.3) is 0 Å². The van der Waals surface area contributed by atoms with Crippen molar-refractivity contribution < 1.29 is 0 Å². The highest BCUT2D eigenvalue weighted by atomic mass is 15.3. The predicted molar refractivity (Wildman–Crippen MR) is 100 cm³/mol. The minimum Gasteiger partial charge on any atom is -0.306 e. The number of nitrogens with zero attached hydrogens (tertiary/aromatic N) is 4. The molecule has 0 unspecified atom stereocenters. The van der Waals surface area contributed by atoms with E-state index in [4.69, 9.17) is 0 Å². The average Bonchev–Trinajstić information content (AvgIpc) is 2.49. The minimum atomic E-state index is 0.741. The molecule has 4 nitrogen and oxygen atoms in total. The standard InChI is InChI=1S/C20H38N4/c1-17(2)24-15-20(16-24)12-18(13-20)14-22-8-10-23(11-9-22)19-4-6-21(3)7-5-19/h17-19H,4-16H2,1-3H3. The maximum Gasteiger partial charge on any atom is 0.0121 e. The van der Waals surface area contributed by atoms with Gasteiger partial charge in [0, 0.05) is 57.9 Å². The van der Waals surface area contributed by atoms with Crippen LogP contribution in [-0.2, 0) is 0 Å². The average molecular weight is 335 g/mol. The zero-order chi connectivity index (χ0) is 16.7. The molecule has 138 valence electrons. The van der Waals surface area contributed by atoms with Gasteiger partial charge in [0.2, 0.25) is 0 Å². The van der Waals surface area contributed by atoms with Crippen molar-refractivity contribution in [3.8, 4) is 0 Å². The van der Waals surface area contributed by atoms with Crippen LogP contribution in [0.5, 0.6) is 0 Å². The zero-order valence-corrected chi connectivity index (χ0v) is 16.2. The molecule has 0 amide bonds. The molecule has 0 aromatic heterocycles. The number of hydrogen-bond acceptors (Lipinski definition) is 4. The Hall–Kier alpha value is -0.160. The topological polar surface area (TPSA) is 13.0 Å². The second-order valence-corrected chi connectivity index (χ2v) is 9.64. The fourth-order valence-electron chi connectivity index (χ4n) is 5.77. The maximum absolute atomic E-state index is 2.79. The van der Waals surface area contributed by atoms with Gasteiger partial charge in [0.1, 0.15) is 0 Å². The van der Waals surface area contributed by atoms with Crippen molar-refractivity contribution in [2.75, 3.05) is 66.0 Å². The summed E-state index contributed by atoms with van der Waals surface area (Å²) in [6.07, 6.45) is 5.78. The van der Waals surface area contributed by atoms with Crippen molar-refractivity contribution in [1.29, 1.82) is 0 Å². The molecule has 0 N–H and O–H groups in total. The Bertz CT molecular complexity index is 407. The highest BCUT2D eigenvalue weighted by Gasteiger charge is 2.52. The van der Waals surface area contributed by atoms with Gasteiger partial charge in [-0.05, 0) is 71.0 Å². The lowest BCUT2D eigenvalue weighted by molar-refractivity contribution is -0.114. The van der Waals surface area contributed by atoms with Gasteiger partial charge in [-0.25, -0.2) is 0 Å². The van der Waals surface area contributed by atoms with Gasteiger partial charge in [-0.2, -0.15) is 0 Å². The van der Waals surface area contributed by atoms with Crippen LogP contribution in [0.2, 0.25) is 0 Å². The first-order valence-corrected chi connectivity index (χ1v) is 10.4. The van der Waals surface area contributed by atoms with Gasteiger partial charge < -0.3 is 9.80 Å². The molecule has 4 heteroatoms. The van der Waals surface area contributed by atoms with Crippen LogP contribution >= 0.6 is 0 Å². The Labute approximate surface area is 149 Å². The fourth-order valence-corrected chi connectivity index (χ4v) is 5.77. The molecular formula is C20H38N4. The van der Waals surface area contributed by atoms with E-state index >= 15 is 0 Å². The molecule has 3 heterocycles. The van der Waals surface area contributed by atoms with Gasteiger partial charge in [-0.1, -0.05) is 0 Å². The van der Waals surface area contributed by atoms with Gasteiger partial charge in [0.15, 0.2) is 0 Å². The van der Waals surface area contributed by atoms with E-state index in [2.05, 4.69) is 40.5 Å². The van der Waals surface area contributed by atoms with Crippen LogP contribution in [-0.4, -0.2) is 97.6 Å². The molecule has 0 radical (unpaired) electrons. The first-order chi connectivity index (χ1) is 11.5. The van der Waals surface area contributed by atoms with Crippen LogP contribution in [0.4, 0.5) is 0 Å². The summed E-state index contributed by atoms with van der Waals surface area (Å²) in [5.41, 5.74) is 0.741. The van der Waals surface area contributed by atoms with Crippen LogP contribution in [0.15, 0.2) is 0 Å². The van der Waals surface area contributed by atoms with E-state index in [-0.39, 0.29) is 0 Å². The third kappa shape index (κ3) is 3.53. The van der Waals surface area contributed by atoms with Crippen molar-refractivity contribution in [3.05, 3.63) is 0 Å². The van der Waals surface area contributed by atoms with Crippen molar-refractivity contribution in [2.45, 2.75) is 51.6 Å². The molecular weight excluding hydrogens is 296 g/mol. The molecule has 0 aromatic carbocycles. The van der Waals surface area contributed by atoms with Gasteiger partial charge >= 0.3 is 0 Å². The Balaban J connectivity index is 1.14. The lowest BCUT2D eigenvalue weighted by Gasteiger charge is -2.61. The number of piperidine rings is 1. The Morgan fingerprint density at radius 2 is 1.54 bits per heavy atom. The largest absolute Gasteiger partial charge is 0.306 e. The lowest BCUT2D eigenvalue weighted by Crippen LogP contribution is -2.65. The van der Waals surface area contributed by atoms with E-state index in [9.17, 15) is 0 Å². The molecule has 3 aliphatic heterocycles. The van der Waals surface area contributed by atoms with E-state index in [1.54, 1.807) is 0 Å². The van der Waals surface area contributed by atoms with Gasteiger partial charge in [0.05, 0.1) is 0 Å². The fraction of sp³-hybridized carbons (Fsp3) is 1.00. The molecule has 4 aliphatic rings. The quantitative estimate of drug-likeness (QED) is 0.777. The SMILES string of the molecule is CC(C)N1CC2(CC(CN3CCN(C4CCN(C)CC4)CC3)C2)C1. The first-order valence-electron chi connectivity index (χ1n) is 10.4. The summed E-state index contributed by atoms with van der Waals surface area (Å²) >= 11 is 0. The van der Waals surface area contributed by atoms with Crippen LogP contribution < -0.4 is 0 Å². The van der Waals surface area contributed by atoms with Gasteiger partial charge in [-0.3, -0.25) is 9.80 Å². The molecule has 4 fully saturated rings. The molecule has 1 aliphatic carbocycles. The number of piperazine rings is 1. The Morgan fingerprint density at radius 1 is 0.917 bits per heavy atom. The molecule has 1 spiro atoms. The highest BCUT2D eigenvalue weighted by Crippen LogP contribution is 2.52. The second kappa shape index (κ2) is 6.86. The van der Waals surface area contributed by atoms with Gasteiger partial charge in [-0.15, -0.1) is 0 Å². The monoisotopic (exact) mass is 334 g/mol. The summed E-state index contributed by atoms with van der Waals surface area (Å²) in [4.78, 5) is 10.7. The smallest absolute Gasteiger partial charge is 0.0121 e. The maximum atomic E-state index is 2.79. The summed E-state index contributed by atoms with van der Waals surface area (Å²) < 4.78 is 0. The summed E-state index contributed by atoms with van der Waals surface area (Å²) in [7, 11) is 2.27. The third-order valence-corrected chi connectivity index (χ3v) is 7.38. The highest BCUT2D eigenvalue weighted by molar-refractivity contribution is 5.05. The summed E-state index contributed by atoms with van der Waals surface area (Å²) in [5.74, 6) is 0.995. The molecule has 4 rings (SSSR count). The molecule has 1 saturated carbocycles. The van der Waals surface area contributed by atoms with E-state index in [1.165, 1.54) is 84.6 Å². The third-order valence-electron chi connectivity index (χ3n) is 7.38. The van der Waals surface area contributed by atoms with Crippen LogP contribution in [0.3, 0.4) is 0 Å². The molecule has 0 bridgehead atoms. The van der Waals surface area contributed by atoms with E-state index < -0.39 is 0 Å². The molecule has 0 aromatic rings. The Morgan fingerprint density at radius 3 is 2.12 bits per heavy atom. The summed E-state index contributed by atoms with van der Waals surface area (Å²) in [6, 6.07) is 1.62. The normalized spacial score (nSPS) is 31.5. The molecule has 0 atom stereocenters. The van der Waals surface area contributed by atoms with E-state index in [1.807, 2.05) is 0 Å². The lowest BCUT2D eigenvalue weighted by atomic mass is 9.57. The van der Waals surface area contributed by atoms with Crippen molar-refractivity contribution in [2.24, 2.45) is 11.3 Å². The summed E-state index contributed by atoms with van der Waals surface area (Å²) in [5, 5.41) is 0. The van der Waals surface area contributed by atoms with Crippen molar-refractivity contribution >= 4 is 0 Å². The number of hydrogen-bond donors (Lipinski definition) is 0. The number of rotatable bonds is 4. The summed E-state index contributed by atoms with van der Waals surface area (Å²) in [6.45, 7) is 16.7. The van der Waals surface area contributed by atoms with Crippen molar-refractivity contribution in [3.63, 3.8) is 0 Å². The van der Waals surface area contributed by atoms with E-state index in [0.717, 1.165) is 23.4 Å². The van der Waals surface area contributed by atoms with Crippen LogP contribution in [0.1, 0.15) is 39.5 Å². The minimum absolute atomic E-state index is 0.741. The predicted octanol–water partition coefficient (Wildman–Crippen LogP) is 1.82. The molecule has 3 saturated heterocycles. The number of likely N-dealkylation sites (tertiary alicyclic amines) is 2.